The largest absolute Gasteiger partial charge is 0.362 e. The minimum absolute atomic E-state index is 0.730. The second-order valence-corrected chi connectivity index (χ2v) is 4.41. The Morgan fingerprint density at radius 3 is 2.60 bits per heavy atom. The van der Waals surface area contributed by atoms with Gasteiger partial charge in [-0.1, -0.05) is 24.6 Å². The van der Waals surface area contributed by atoms with Crippen LogP contribution in [0, 0.1) is 5.92 Å². The summed E-state index contributed by atoms with van der Waals surface area (Å²) in [5, 5.41) is 7.15. The van der Waals surface area contributed by atoms with Crippen LogP contribution in [-0.2, 0) is 0 Å². The Morgan fingerprint density at radius 1 is 1.27 bits per heavy atom. The monoisotopic (exact) mass is 220 g/mol. The Labute approximate surface area is 96.1 Å². The molecule has 80 valence electrons. The van der Waals surface area contributed by atoms with Crippen LogP contribution in [0.25, 0.3) is 0 Å². The Balaban J connectivity index is 1.72. The number of anilines is 1. The first-order chi connectivity index (χ1) is 7.34. The van der Waals surface area contributed by atoms with Crippen molar-refractivity contribution in [3.63, 3.8) is 0 Å². The Kier molecular flexibility index (Phi) is 3.56. The van der Waals surface area contributed by atoms with Gasteiger partial charge in [0.2, 0.25) is 0 Å². The molecule has 0 aliphatic heterocycles. The number of benzene rings is 1. The molecular weight excluding hydrogens is 204 g/mol. The van der Waals surface area contributed by atoms with Crippen molar-refractivity contribution in [2.45, 2.75) is 19.3 Å². The van der Waals surface area contributed by atoms with Gasteiger partial charge in [0.15, 0.2) is 5.11 Å². The number of thiocarbonyl (C=S) groups is 1. The summed E-state index contributed by atoms with van der Waals surface area (Å²) in [4.78, 5) is 0. The molecule has 2 N–H and O–H groups in total. The van der Waals surface area contributed by atoms with E-state index in [4.69, 9.17) is 12.2 Å². The smallest absolute Gasteiger partial charge is 0.170 e. The van der Waals surface area contributed by atoms with Crippen LogP contribution >= 0.6 is 12.2 Å². The predicted molar refractivity (Wildman–Crippen MR) is 68.0 cm³/mol. The average molecular weight is 220 g/mol. The van der Waals surface area contributed by atoms with E-state index in [1.807, 2.05) is 30.3 Å². The van der Waals surface area contributed by atoms with E-state index in [0.717, 1.165) is 23.3 Å². The van der Waals surface area contributed by atoms with E-state index in [0.29, 0.717) is 0 Å². The molecular formula is C12H16N2S. The van der Waals surface area contributed by atoms with Crippen molar-refractivity contribution < 1.29 is 0 Å². The van der Waals surface area contributed by atoms with Gasteiger partial charge in [-0.15, -0.1) is 0 Å². The third-order valence-corrected chi connectivity index (χ3v) is 3.05. The van der Waals surface area contributed by atoms with E-state index < -0.39 is 0 Å². The number of hydrogen-bond acceptors (Lipinski definition) is 1. The summed E-state index contributed by atoms with van der Waals surface area (Å²) < 4.78 is 0. The van der Waals surface area contributed by atoms with Crippen LogP contribution in [0.2, 0.25) is 0 Å². The summed E-state index contributed by atoms with van der Waals surface area (Å²) in [7, 11) is 0. The lowest BCUT2D eigenvalue weighted by atomic mass is 9.85. The SMILES string of the molecule is S=C(NCC1CCC1)Nc1ccccc1. The molecule has 1 aliphatic rings. The van der Waals surface area contributed by atoms with Crippen molar-refractivity contribution in [1.82, 2.24) is 5.32 Å². The van der Waals surface area contributed by atoms with Crippen LogP contribution in [0.3, 0.4) is 0 Å². The molecule has 1 fully saturated rings. The molecule has 15 heavy (non-hydrogen) atoms. The molecule has 0 amide bonds. The highest BCUT2D eigenvalue weighted by molar-refractivity contribution is 7.80. The fourth-order valence-corrected chi connectivity index (χ4v) is 1.83. The van der Waals surface area contributed by atoms with Gasteiger partial charge in [-0.25, -0.2) is 0 Å². The number of para-hydroxylation sites is 1. The summed E-state index contributed by atoms with van der Waals surface area (Å²) in [5.74, 6) is 0.834. The minimum atomic E-state index is 0.730. The number of nitrogens with one attached hydrogen (secondary N) is 2. The maximum atomic E-state index is 5.20. The van der Waals surface area contributed by atoms with Gasteiger partial charge in [-0.2, -0.15) is 0 Å². The van der Waals surface area contributed by atoms with Crippen molar-refractivity contribution >= 4 is 23.0 Å². The lowest BCUT2D eigenvalue weighted by molar-refractivity contribution is 0.316. The standard InChI is InChI=1S/C12H16N2S/c15-12(13-9-10-5-4-6-10)14-11-7-2-1-3-8-11/h1-3,7-8,10H,4-6,9H2,(H2,13,14,15). The quantitative estimate of drug-likeness (QED) is 0.766. The van der Waals surface area contributed by atoms with Crippen LogP contribution in [0.5, 0.6) is 0 Å². The molecule has 0 unspecified atom stereocenters. The van der Waals surface area contributed by atoms with Crippen LogP contribution in [-0.4, -0.2) is 11.7 Å². The van der Waals surface area contributed by atoms with Gasteiger partial charge >= 0.3 is 0 Å². The van der Waals surface area contributed by atoms with Crippen molar-refractivity contribution in [1.29, 1.82) is 0 Å². The molecule has 0 bridgehead atoms. The van der Waals surface area contributed by atoms with Crippen LogP contribution in [0.15, 0.2) is 30.3 Å². The van der Waals surface area contributed by atoms with Gasteiger partial charge in [0.1, 0.15) is 0 Å². The maximum absolute atomic E-state index is 5.20. The second-order valence-electron chi connectivity index (χ2n) is 4.00. The number of rotatable bonds is 3. The van der Waals surface area contributed by atoms with Gasteiger partial charge in [0.05, 0.1) is 0 Å². The second kappa shape index (κ2) is 5.12. The predicted octanol–water partition coefficient (Wildman–Crippen LogP) is 2.77. The molecule has 0 radical (unpaired) electrons. The van der Waals surface area contributed by atoms with Gasteiger partial charge in [0, 0.05) is 12.2 Å². The summed E-state index contributed by atoms with van der Waals surface area (Å²) in [6, 6.07) is 10.0. The molecule has 0 heterocycles. The zero-order valence-electron chi connectivity index (χ0n) is 8.70. The van der Waals surface area contributed by atoms with E-state index in [2.05, 4.69) is 10.6 Å². The lowest BCUT2D eigenvalue weighted by Gasteiger charge is -2.26. The third-order valence-electron chi connectivity index (χ3n) is 2.81. The van der Waals surface area contributed by atoms with Crippen molar-refractivity contribution in [2.24, 2.45) is 5.92 Å². The minimum Gasteiger partial charge on any atom is -0.362 e. The molecule has 0 saturated heterocycles. The molecule has 1 aliphatic carbocycles. The topological polar surface area (TPSA) is 24.1 Å². The molecule has 0 atom stereocenters. The first-order valence-corrected chi connectivity index (χ1v) is 5.85. The molecule has 1 aromatic carbocycles. The van der Waals surface area contributed by atoms with Crippen LogP contribution in [0.1, 0.15) is 19.3 Å². The maximum Gasteiger partial charge on any atom is 0.170 e. The highest BCUT2D eigenvalue weighted by Gasteiger charge is 2.16. The third kappa shape index (κ3) is 3.20. The van der Waals surface area contributed by atoms with Crippen molar-refractivity contribution in [3.8, 4) is 0 Å². The van der Waals surface area contributed by atoms with E-state index in [1.54, 1.807) is 0 Å². The normalized spacial score (nSPS) is 15.5. The molecule has 2 rings (SSSR count). The van der Waals surface area contributed by atoms with Crippen molar-refractivity contribution in [3.05, 3.63) is 30.3 Å². The summed E-state index contributed by atoms with van der Waals surface area (Å²) >= 11 is 5.20. The van der Waals surface area contributed by atoms with Crippen LogP contribution < -0.4 is 10.6 Å². The Bertz CT molecular complexity index is 320. The first kappa shape index (κ1) is 10.4. The Hall–Kier alpha value is -1.09. The molecule has 2 nitrogen and oxygen atoms in total. The molecule has 1 saturated carbocycles. The highest BCUT2D eigenvalue weighted by Crippen LogP contribution is 2.25. The van der Waals surface area contributed by atoms with E-state index in [1.165, 1.54) is 19.3 Å². The van der Waals surface area contributed by atoms with Crippen LogP contribution in [0.4, 0.5) is 5.69 Å². The molecule has 1 aromatic rings. The fraction of sp³-hybridized carbons (Fsp3) is 0.417. The van der Waals surface area contributed by atoms with Gasteiger partial charge in [0.25, 0.3) is 0 Å². The highest BCUT2D eigenvalue weighted by atomic mass is 32.1. The first-order valence-electron chi connectivity index (χ1n) is 5.44. The Morgan fingerprint density at radius 2 is 2.00 bits per heavy atom. The summed E-state index contributed by atoms with van der Waals surface area (Å²) in [6.07, 6.45) is 4.08. The van der Waals surface area contributed by atoms with E-state index >= 15 is 0 Å². The summed E-state index contributed by atoms with van der Waals surface area (Å²) in [5.41, 5.74) is 1.05. The van der Waals surface area contributed by atoms with Gasteiger partial charge in [-0.3, -0.25) is 0 Å². The van der Waals surface area contributed by atoms with Gasteiger partial charge < -0.3 is 10.6 Å². The van der Waals surface area contributed by atoms with E-state index in [9.17, 15) is 0 Å². The zero-order valence-corrected chi connectivity index (χ0v) is 9.52. The number of hydrogen-bond donors (Lipinski definition) is 2. The van der Waals surface area contributed by atoms with Crippen molar-refractivity contribution in [2.75, 3.05) is 11.9 Å². The summed E-state index contributed by atoms with van der Waals surface area (Å²) in [6.45, 7) is 1.01. The average Bonchev–Trinajstić information content (AvgIpc) is 2.17. The zero-order chi connectivity index (χ0) is 10.5. The molecule has 0 aromatic heterocycles. The van der Waals surface area contributed by atoms with Gasteiger partial charge in [-0.05, 0) is 43.1 Å². The lowest BCUT2D eigenvalue weighted by Crippen LogP contribution is -2.34. The fourth-order valence-electron chi connectivity index (χ4n) is 1.63. The molecule has 0 spiro atoms. The molecule has 3 heteroatoms. The van der Waals surface area contributed by atoms with E-state index in [-0.39, 0.29) is 0 Å².